The summed E-state index contributed by atoms with van der Waals surface area (Å²) < 4.78 is 4.93. The number of carbonyl (C=O) groups excluding carboxylic acids is 1. The summed E-state index contributed by atoms with van der Waals surface area (Å²) in [6.07, 6.45) is 1.65. The van der Waals surface area contributed by atoms with E-state index in [-0.39, 0.29) is 11.8 Å². The number of nitrogens with two attached hydrogens (primary N) is 1. The number of hydrogen-bond donors (Lipinski definition) is 2. The van der Waals surface area contributed by atoms with Crippen LogP contribution in [0.4, 0.5) is 5.88 Å². The molecular weight excluding hydrogens is 363 g/mol. The van der Waals surface area contributed by atoms with Gasteiger partial charge in [-0.1, -0.05) is 28.4 Å². The Bertz CT molecular complexity index is 941. The molecule has 3 aromatic rings. The number of H-pyrrole nitrogens is 1. The van der Waals surface area contributed by atoms with Gasteiger partial charge in [-0.25, -0.2) is 0 Å². The third-order valence-corrected chi connectivity index (χ3v) is 5.16. The Morgan fingerprint density at radius 1 is 1.24 bits per heavy atom. The molecule has 0 aliphatic carbocycles. The zero-order valence-electron chi connectivity index (χ0n) is 13.3. The number of fused-ring (bicyclic) bond motifs is 1. The number of rotatable bonds is 2. The smallest absolute Gasteiger partial charge is 0.270 e. The first-order valence-electron chi connectivity index (χ1n) is 8.00. The third kappa shape index (κ3) is 3.07. The Morgan fingerprint density at radius 3 is 2.68 bits per heavy atom. The molecule has 6 nitrogen and oxygen atoms in total. The van der Waals surface area contributed by atoms with E-state index in [0.717, 1.165) is 29.4 Å². The standard InChI is InChI=1S/C17H16Cl2N4O2/c18-10-5-12(19)11-7-15(21-14(11)6-10)17(24)23-3-1-9(2-4-23)13-8-16(20)25-22-13/h5-9,21H,1-4,20H2. The molecule has 3 heterocycles. The first-order valence-corrected chi connectivity index (χ1v) is 8.76. The van der Waals surface area contributed by atoms with Gasteiger partial charge in [0.15, 0.2) is 0 Å². The molecule has 0 saturated carbocycles. The molecule has 2 aromatic heterocycles. The van der Waals surface area contributed by atoms with Crippen molar-refractivity contribution < 1.29 is 9.32 Å². The van der Waals surface area contributed by atoms with Crippen molar-refractivity contribution in [3.63, 3.8) is 0 Å². The van der Waals surface area contributed by atoms with E-state index in [1.54, 1.807) is 24.3 Å². The van der Waals surface area contributed by atoms with Gasteiger partial charge in [-0.2, -0.15) is 0 Å². The molecule has 1 aliphatic rings. The maximum Gasteiger partial charge on any atom is 0.270 e. The lowest BCUT2D eigenvalue weighted by atomic mass is 9.93. The Balaban J connectivity index is 1.50. The molecule has 4 rings (SSSR count). The molecule has 0 unspecified atom stereocenters. The highest BCUT2D eigenvalue weighted by Crippen LogP contribution is 2.31. The van der Waals surface area contributed by atoms with Crippen LogP contribution >= 0.6 is 23.2 Å². The molecule has 0 atom stereocenters. The molecule has 1 saturated heterocycles. The molecule has 8 heteroatoms. The zero-order valence-corrected chi connectivity index (χ0v) is 14.8. The van der Waals surface area contributed by atoms with Crippen LogP contribution in [-0.4, -0.2) is 34.0 Å². The summed E-state index contributed by atoms with van der Waals surface area (Å²) in [6.45, 7) is 1.31. The van der Waals surface area contributed by atoms with Crippen LogP contribution in [0.15, 0.2) is 28.8 Å². The second-order valence-electron chi connectivity index (χ2n) is 6.25. The third-order valence-electron chi connectivity index (χ3n) is 4.63. The van der Waals surface area contributed by atoms with E-state index in [9.17, 15) is 4.79 Å². The number of aromatic nitrogens is 2. The molecule has 130 valence electrons. The zero-order chi connectivity index (χ0) is 17.6. The van der Waals surface area contributed by atoms with Crippen molar-refractivity contribution in [2.45, 2.75) is 18.8 Å². The van der Waals surface area contributed by atoms with Crippen LogP contribution in [0.2, 0.25) is 10.0 Å². The van der Waals surface area contributed by atoms with Crippen LogP contribution in [-0.2, 0) is 0 Å². The largest absolute Gasteiger partial charge is 0.368 e. The van der Waals surface area contributed by atoms with Gasteiger partial charge in [-0.3, -0.25) is 4.79 Å². The summed E-state index contributed by atoms with van der Waals surface area (Å²) >= 11 is 12.2. The van der Waals surface area contributed by atoms with Crippen molar-refractivity contribution in [2.75, 3.05) is 18.8 Å². The van der Waals surface area contributed by atoms with Crippen molar-refractivity contribution in [1.82, 2.24) is 15.0 Å². The van der Waals surface area contributed by atoms with Crippen molar-refractivity contribution in [3.05, 3.63) is 45.7 Å². The van der Waals surface area contributed by atoms with Gasteiger partial charge in [0, 0.05) is 41.0 Å². The second-order valence-corrected chi connectivity index (χ2v) is 7.10. The summed E-state index contributed by atoms with van der Waals surface area (Å²) in [4.78, 5) is 17.7. The number of nitrogens with one attached hydrogen (secondary N) is 1. The molecule has 1 aliphatic heterocycles. The second kappa shape index (κ2) is 6.28. The summed E-state index contributed by atoms with van der Waals surface area (Å²) in [5, 5.41) is 5.83. The summed E-state index contributed by atoms with van der Waals surface area (Å²) in [6, 6.07) is 6.97. The molecule has 0 bridgehead atoms. The average molecular weight is 379 g/mol. The topological polar surface area (TPSA) is 88.1 Å². The van der Waals surface area contributed by atoms with Crippen molar-refractivity contribution >= 4 is 45.9 Å². The number of carbonyl (C=O) groups is 1. The number of piperidine rings is 1. The number of nitrogen functional groups attached to an aromatic ring is 1. The highest BCUT2D eigenvalue weighted by Gasteiger charge is 2.27. The highest BCUT2D eigenvalue weighted by molar-refractivity contribution is 6.38. The van der Waals surface area contributed by atoms with Gasteiger partial charge in [0.05, 0.1) is 10.7 Å². The summed E-state index contributed by atoms with van der Waals surface area (Å²) in [5.41, 5.74) is 7.71. The first kappa shape index (κ1) is 16.3. The van der Waals surface area contributed by atoms with Gasteiger partial charge in [0.25, 0.3) is 5.91 Å². The van der Waals surface area contributed by atoms with E-state index < -0.39 is 0 Å². The summed E-state index contributed by atoms with van der Waals surface area (Å²) in [7, 11) is 0. The molecule has 1 amide bonds. The fourth-order valence-corrected chi connectivity index (χ4v) is 3.87. The van der Waals surface area contributed by atoms with Crippen LogP contribution in [0.25, 0.3) is 10.9 Å². The van der Waals surface area contributed by atoms with E-state index in [0.29, 0.717) is 34.7 Å². The quantitative estimate of drug-likeness (QED) is 0.703. The van der Waals surface area contributed by atoms with Gasteiger partial charge < -0.3 is 20.1 Å². The lowest BCUT2D eigenvalue weighted by Crippen LogP contribution is -2.38. The number of benzene rings is 1. The Labute approximate surface area is 153 Å². The van der Waals surface area contributed by atoms with E-state index in [4.69, 9.17) is 33.5 Å². The van der Waals surface area contributed by atoms with Crippen LogP contribution in [0.1, 0.15) is 34.9 Å². The van der Waals surface area contributed by atoms with Crippen LogP contribution in [0.5, 0.6) is 0 Å². The minimum atomic E-state index is -0.0403. The van der Waals surface area contributed by atoms with Gasteiger partial charge in [0.2, 0.25) is 5.88 Å². The van der Waals surface area contributed by atoms with Crippen molar-refractivity contribution in [2.24, 2.45) is 0 Å². The lowest BCUT2D eigenvalue weighted by molar-refractivity contribution is 0.0706. The Hall–Kier alpha value is -2.18. The number of halogens is 2. The van der Waals surface area contributed by atoms with Gasteiger partial charge in [-0.15, -0.1) is 0 Å². The van der Waals surface area contributed by atoms with Crippen molar-refractivity contribution in [1.29, 1.82) is 0 Å². The molecule has 0 spiro atoms. The average Bonchev–Trinajstić information content (AvgIpc) is 3.21. The molecule has 1 aromatic carbocycles. The van der Waals surface area contributed by atoms with Crippen molar-refractivity contribution in [3.8, 4) is 0 Å². The number of hydrogen-bond acceptors (Lipinski definition) is 4. The van der Waals surface area contributed by atoms with Gasteiger partial charge in [-0.05, 0) is 31.0 Å². The van der Waals surface area contributed by atoms with Crippen LogP contribution < -0.4 is 5.73 Å². The van der Waals surface area contributed by atoms with Crippen LogP contribution in [0.3, 0.4) is 0 Å². The number of aromatic amines is 1. The number of anilines is 1. The monoisotopic (exact) mass is 378 g/mol. The minimum Gasteiger partial charge on any atom is -0.368 e. The Morgan fingerprint density at radius 2 is 2.00 bits per heavy atom. The lowest BCUT2D eigenvalue weighted by Gasteiger charge is -2.30. The maximum atomic E-state index is 12.8. The SMILES string of the molecule is Nc1cc(C2CCN(C(=O)c3cc4c(Cl)cc(Cl)cc4[nH]3)CC2)no1. The van der Waals surface area contributed by atoms with Gasteiger partial charge in [0.1, 0.15) is 5.69 Å². The van der Waals surface area contributed by atoms with Gasteiger partial charge >= 0.3 is 0 Å². The minimum absolute atomic E-state index is 0.0403. The fraction of sp³-hybridized carbons (Fsp3) is 0.294. The highest BCUT2D eigenvalue weighted by atomic mass is 35.5. The first-order chi connectivity index (χ1) is 12.0. The van der Waals surface area contributed by atoms with E-state index in [1.807, 2.05) is 4.90 Å². The fourth-order valence-electron chi connectivity index (χ4n) is 3.32. The normalized spacial score (nSPS) is 15.8. The molecule has 0 radical (unpaired) electrons. The van der Waals surface area contributed by atoms with E-state index in [1.165, 1.54) is 0 Å². The summed E-state index contributed by atoms with van der Waals surface area (Å²) in [5.74, 6) is 0.546. The predicted molar refractivity (Wildman–Crippen MR) is 97.1 cm³/mol. The molecular formula is C17H16Cl2N4O2. The van der Waals surface area contributed by atoms with E-state index in [2.05, 4.69) is 10.1 Å². The molecule has 25 heavy (non-hydrogen) atoms. The number of likely N-dealkylation sites (tertiary alicyclic amines) is 1. The molecule has 1 fully saturated rings. The number of nitrogens with zero attached hydrogens (tertiary/aromatic N) is 2. The number of amides is 1. The van der Waals surface area contributed by atoms with Crippen LogP contribution in [0, 0.1) is 0 Å². The van der Waals surface area contributed by atoms with E-state index >= 15 is 0 Å². The Kier molecular flexibility index (Phi) is 4.09. The maximum absolute atomic E-state index is 12.8. The predicted octanol–water partition coefficient (Wildman–Crippen LogP) is 4.06. The molecule has 3 N–H and O–H groups in total.